The molecule has 0 bridgehead atoms. The normalized spacial score (nSPS) is 11.0. The van der Waals surface area contributed by atoms with E-state index >= 15 is 0 Å². The Morgan fingerprint density at radius 1 is 1.25 bits per heavy atom. The number of carboxylic acid groups (broad SMARTS) is 1. The van der Waals surface area contributed by atoms with Crippen LogP contribution >= 0.6 is 0 Å². The second kappa shape index (κ2) is 6.23. The highest BCUT2D eigenvalue weighted by Crippen LogP contribution is 2.23. The summed E-state index contributed by atoms with van der Waals surface area (Å²) >= 11 is 0. The van der Waals surface area contributed by atoms with Gasteiger partial charge < -0.3 is 20.1 Å². The van der Waals surface area contributed by atoms with Crippen LogP contribution in [-0.4, -0.2) is 27.1 Å². The van der Waals surface area contributed by atoms with Crippen LogP contribution in [0, 0.1) is 6.92 Å². The zero-order valence-electron chi connectivity index (χ0n) is 13.8. The molecule has 0 saturated heterocycles. The lowest BCUT2D eigenvalue weighted by Gasteiger charge is -2.10. The van der Waals surface area contributed by atoms with Crippen LogP contribution in [-0.2, 0) is 0 Å². The number of benzene rings is 2. The number of aryl methyl sites for hydroxylation is 1. The minimum atomic E-state index is -0.951. The molecule has 6 heteroatoms. The summed E-state index contributed by atoms with van der Waals surface area (Å²) in [4.78, 5) is 18.8. The molecule has 0 aliphatic carbocycles. The molecule has 0 fully saturated rings. The zero-order valence-corrected chi connectivity index (χ0v) is 13.8. The minimum absolute atomic E-state index is 0.130. The maximum Gasteiger partial charge on any atom is 0.336 e. The maximum atomic E-state index is 11.2. The smallest absolute Gasteiger partial charge is 0.336 e. The first-order chi connectivity index (χ1) is 11.4. The first kappa shape index (κ1) is 15.9. The Balaban J connectivity index is 1.83. The number of carbonyl (C=O) groups is 1. The molecule has 0 aliphatic heterocycles. The number of fused-ring (bicyclic) bond motifs is 1. The molecule has 0 unspecified atom stereocenters. The number of hydrogen-bond acceptors (Lipinski definition) is 4. The fourth-order valence-corrected chi connectivity index (χ4v) is 2.48. The van der Waals surface area contributed by atoms with Crippen LogP contribution in [0.25, 0.3) is 11.0 Å². The van der Waals surface area contributed by atoms with E-state index in [1.807, 2.05) is 38.1 Å². The first-order valence-corrected chi connectivity index (χ1v) is 7.70. The van der Waals surface area contributed by atoms with Crippen molar-refractivity contribution in [3.05, 3.63) is 47.5 Å². The summed E-state index contributed by atoms with van der Waals surface area (Å²) in [6.45, 7) is 5.73. The van der Waals surface area contributed by atoms with Gasteiger partial charge in [0.15, 0.2) is 0 Å². The van der Waals surface area contributed by atoms with E-state index in [-0.39, 0.29) is 11.7 Å². The lowest BCUT2D eigenvalue weighted by Crippen LogP contribution is -2.05. The van der Waals surface area contributed by atoms with Crippen LogP contribution in [0.3, 0.4) is 0 Å². The molecule has 3 N–H and O–H groups in total. The predicted molar refractivity (Wildman–Crippen MR) is 93.3 cm³/mol. The molecule has 6 nitrogen and oxygen atoms in total. The van der Waals surface area contributed by atoms with Crippen LogP contribution in [0.1, 0.15) is 29.8 Å². The average Bonchev–Trinajstić information content (AvgIpc) is 2.88. The molecule has 124 valence electrons. The van der Waals surface area contributed by atoms with Gasteiger partial charge in [-0.2, -0.15) is 0 Å². The highest BCUT2D eigenvalue weighted by Gasteiger charge is 2.11. The van der Waals surface area contributed by atoms with E-state index in [9.17, 15) is 9.90 Å². The van der Waals surface area contributed by atoms with E-state index in [0.29, 0.717) is 17.0 Å². The number of H-pyrrole nitrogens is 1. The summed E-state index contributed by atoms with van der Waals surface area (Å²) < 4.78 is 5.61. The second-order valence-electron chi connectivity index (χ2n) is 5.89. The molecule has 3 aromatic rings. The monoisotopic (exact) mass is 325 g/mol. The van der Waals surface area contributed by atoms with Gasteiger partial charge in [-0.3, -0.25) is 0 Å². The third-order valence-electron chi connectivity index (χ3n) is 3.55. The summed E-state index contributed by atoms with van der Waals surface area (Å²) in [7, 11) is 0. The molecule has 0 aliphatic rings. The van der Waals surface area contributed by atoms with Crippen molar-refractivity contribution in [1.29, 1.82) is 0 Å². The van der Waals surface area contributed by atoms with Crippen molar-refractivity contribution in [2.75, 3.05) is 5.32 Å². The number of aromatic carboxylic acids is 1. The third kappa shape index (κ3) is 3.32. The molecule has 0 saturated carbocycles. The van der Waals surface area contributed by atoms with Crippen LogP contribution < -0.4 is 10.1 Å². The average molecular weight is 325 g/mol. The molecule has 0 spiro atoms. The van der Waals surface area contributed by atoms with E-state index in [1.54, 1.807) is 19.1 Å². The molecule has 1 heterocycles. The molecule has 1 aromatic heterocycles. The fraction of sp³-hybridized carbons (Fsp3) is 0.222. The van der Waals surface area contributed by atoms with Gasteiger partial charge in [0, 0.05) is 5.69 Å². The highest BCUT2D eigenvalue weighted by molar-refractivity contribution is 5.94. The van der Waals surface area contributed by atoms with Crippen molar-refractivity contribution < 1.29 is 14.6 Å². The number of imidazole rings is 1. The van der Waals surface area contributed by atoms with Crippen molar-refractivity contribution in [2.24, 2.45) is 0 Å². The standard InChI is InChI=1S/C18H19N3O3/c1-10(2)24-13-6-4-12(5-7-13)19-18-20-15-8-11(3)14(17(22)23)9-16(15)21-18/h4-10H,1-3H3,(H,22,23)(H2,19,20,21). The number of hydrogen-bond donors (Lipinski definition) is 3. The summed E-state index contributed by atoms with van der Waals surface area (Å²) in [6, 6.07) is 10.9. The Morgan fingerprint density at radius 2 is 1.96 bits per heavy atom. The Morgan fingerprint density at radius 3 is 2.58 bits per heavy atom. The first-order valence-electron chi connectivity index (χ1n) is 7.70. The van der Waals surface area contributed by atoms with E-state index in [0.717, 1.165) is 17.0 Å². The summed E-state index contributed by atoms with van der Waals surface area (Å²) in [5, 5.41) is 12.4. The SMILES string of the molecule is Cc1cc2[nH]c(Nc3ccc(OC(C)C)cc3)nc2cc1C(=O)O. The molecular weight excluding hydrogens is 306 g/mol. The molecular formula is C18H19N3O3. The topological polar surface area (TPSA) is 87.2 Å². The van der Waals surface area contributed by atoms with Gasteiger partial charge in [-0.1, -0.05) is 0 Å². The zero-order chi connectivity index (χ0) is 17.3. The minimum Gasteiger partial charge on any atom is -0.491 e. The maximum absolute atomic E-state index is 11.2. The summed E-state index contributed by atoms with van der Waals surface area (Å²) in [5.41, 5.74) is 3.22. The van der Waals surface area contributed by atoms with Crippen LogP contribution in [0.5, 0.6) is 5.75 Å². The number of anilines is 2. The highest BCUT2D eigenvalue weighted by atomic mass is 16.5. The lowest BCUT2D eigenvalue weighted by molar-refractivity contribution is 0.0696. The van der Waals surface area contributed by atoms with E-state index in [2.05, 4.69) is 15.3 Å². The largest absolute Gasteiger partial charge is 0.491 e. The number of aromatic nitrogens is 2. The Labute approximate surface area is 139 Å². The lowest BCUT2D eigenvalue weighted by atomic mass is 10.1. The summed E-state index contributed by atoms with van der Waals surface area (Å²) in [5.74, 6) is 0.416. The van der Waals surface area contributed by atoms with Crippen LogP contribution in [0.2, 0.25) is 0 Å². The van der Waals surface area contributed by atoms with Gasteiger partial charge >= 0.3 is 5.97 Å². The van der Waals surface area contributed by atoms with Crippen LogP contribution in [0.15, 0.2) is 36.4 Å². The van der Waals surface area contributed by atoms with E-state index in [1.165, 1.54) is 0 Å². The number of nitrogens with zero attached hydrogens (tertiary/aromatic N) is 1. The third-order valence-corrected chi connectivity index (χ3v) is 3.55. The Hall–Kier alpha value is -3.02. The van der Waals surface area contributed by atoms with Crippen molar-refractivity contribution in [1.82, 2.24) is 9.97 Å². The van der Waals surface area contributed by atoms with Gasteiger partial charge in [0.25, 0.3) is 0 Å². The van der Waals surface area contributed by atoms with Gasteiger partial charge in [-0.15, -0.1) is 0 Å². The summed E-state index contributed by atoms with van der Waals surface area (Å²) in [6.07, 6.45) is 0.130. The quantitative estimate of drug-likeness (QED) is 0.657. The Bertz CT molecular complexity index is 882. The fourth-order valence-electron chi connectivity index (χ4n) is 2.48. The van der Waals surface area contributed by atoms with Crippen molar-refractivity contribution in [3.8, 4) is 5.75 Å². The van der Waals surface area contributed by atoms with E-state index < -0.39 is 5.97 Å². The number of rotatable bonds is 5. The van der Waals surface area contributed by atoms with Crippen molar-refractivity contribution in [2.45, 2.75) is 26.9 Å². The van der Waals surface area contributed by atoms with Crippen molar-refractivity contribution >= 4 is 28.6 Å². The van der Waals surface area contributed by atoms with Gasteiger partial charge in [0.1, 0.15) is 5.75 Å². The molecule has 2 aromatic carbocycles. The predicted octanol–water partition coefficient (Wildman–Crippen LogP) is 4.10. The van der Waals surface area contributed by atoms with Gasteiger partial charge in [0.05, 0.1) is 22.7 Å². The molecule has 3 rings (SSSR count). The number of ether oxygens (including phenoxy) is 1. The molecule has 0 amide bonds. The van der Waals surface area contributed by atoms with Crippen molar-refractivity contribution in [3.63, 3.8) is 0 Å². The van der Waals surface area contributed by atoms with E-state index in [4.69, 9.17) is 4.74 Å². The van der Waals surface area contributed by atoms with Gasteiger partial charge in [-0.05, 0) is 62.7 Å². The van der Waals surface area contributed by atoms with Gasteiger partial charge in [-0.25, -0.2) is 9.78 Å². The van der Waals surface area contributed by atoms with Crippen LogP contribution in [0.4, 0.5) is 11.6 Å². The molecule has 0 radical (unpaired) electrons. The number of nitrogens with one attached hydrogen (secondary N) is 2. The molecule has 24 heavy (non-hydrogen) atoms. The van der Waals surface area contributed by atoms with Gasteiger partial charge in [0.2, 0.25) is 5.95 Å². The number of aromatic amines is 1. The Kier molecular flexibility index (Phi) is 4.12. The second-order valence-corrected chi connectivity index (χ2v) is 5.89. The number of carboxylic acids is 1. The molecule has 0 atom stereocenters.